The number of aliphatic hydroxyl groups excluding tert-OH is 1. The largest absolute Gasteiger partial charge is 0.459 e. The first-order valence-corrected chi connectivity index (χ1v) is 14.2. The average Bonchev–Trinajstić information content (AvgIpc) is 3.44. The van der Waals surface area contributed by atoms with Crippen LogP contribution >= 0.6 is 0 Å². The van der Waals surface area contributed by atoms with Crippen molar-refractivity contribution >= 4 is 29.8 Å². The summed E-state index contributed by atoms with van der Waals surface area (Å²) in [5.41, 5.74) is -3.47. The van der Waals surface area contributed by atoms with Gasteiger partial charge in [-0.15, -0.1) is 0 Å². The maximum absolute atomic E-state index is 13.1. The van der Waals surface area contributed by atoms with Crippen molar-refractivity contribution in [3.63, 3.8) is 0 Å². The van der Waals surface area contributed by atoms with Crippen LogP contribution in [0.1, 0.15) is 74.7 Å². The fourth-order valence-corrected chi connectivity index (χ4v) is 7.23. The molecule has 1 spiro atoms. The van der Waals surface area contributed by atoms with Gasteiger partial charge >= 0.3 is 29.8 Å². The Morgan fingerprint density at radius 2 is 1.50 bits per heavy atom. The SMILES string of the molecule is CCCC(=O)O[C@@H]1CC(C)=C[C@@H]2OC(=O)[C@]3(C)O[C@]23[C@H](OC(C)=O)[C@H]2C(C)=C[C@@H](O)[C@H](OC(C)=O)[C@]2(C)[C@H]1OC(C)=O. The van der Waals surface area contributed by atoms with Gasteiger partial charge in [-0.3, -0.25) is 19.2 Å². The van der Waals surface area contributed by atoms with Gasteiger partial charge in [0, 0.05) is 39.5 Å². The van der Waals surface area contributed by atoms with Crippen LogP contribution < -0.4 is 0 Å². The average molecular weight is 593 g/mol. The molecule has 4 aliphatic rings. The van der Waals surface area contributed by atoms with Crippen LogP contribution in [0, 0.1) is 11.3 Å². The van der Waals surface area contributed by atoms with Crippen molar-refractivity contribution in [3.05, 3.63) is 23.3 Å². The Hall–Kier alpha value is -3.25. The molecule has 12 nitrogen and oxygen atoms in total. The Kier molecular flexibility index (Phi) is 8.38. The molecule has 232 valence electrons. The van der Waals surface area contributed by atoms with E-state index >= 15 is 0 Å². The van der Waals surface area contributed by atoms with Crippen LogP contribution in [0.15, 0.2) is 23.3 Å². The first kappa shape index (κ1) is 31.7. The Balaban J connectivity index is 2.07. The third-order valence-electron chi connectivity index (χ3n) is 8.89. The van der Waals surface area contributed by atoms with Gasteiger partial charge in [0.15, 0.2) is 17.3 Å². The molecule has 42 heavy (non-hydrogen) atoms. The molecule has 2 aliphatic carbocycles. The molecule has 0 aromatic carbocycles. The van der Waals surface area contributed by atoms with Crippen molar-refractivity contribution in [2.75, 3.05) is 0 Å². The number of fused-ring (bicyclic) bond motifs is 1. The normalized spacial score (nSPS) is 40.5. The lowest BCUT2D eigenvalue weighted by molar-refractivity contribution is -0.224. The maximum atomic E-state index is 13.1. The number of epoxide rings is 1. The van der Waals surface area contributed by atoms with E-state index in [0.717, 1.165) is 0 Å². The summed E-state index contributed by atoms with van der Waals surface area (Å²) in [6.45, 7) is 12.0. The fraction of sp³-hybridized carbons (Fsp3) is 0.700. The minimum absolute atomic E-state index is 0.0421. The Bertz CT molecular complexity index is 1240. The van der Waals surface area contributed by atoms with Gasteiger partial charge in [0.05, 0.1) is 5.41 Å². The number of carbonyl (C=O) groups is 5. The topological polar surface area (TPSA) is 164 Å². The summed E-state index contributed by atoms with van der Waals surface area (Å²) < 4.78 is 35.6. The van der Waals surface area contributed by atoms with Crippen LogP contribution in [0.5, 0.6) is 0 Å². The highest BCUT2D eigenvalue weighted by molar-refractivity contribution is 5.89. The number of hydrogen-bond acceptors (Lipinski definition) is 12. The zero-order chi connectivity index (χ0) is 31.4. The van der Waals surface area contributed by atoms with Gasteiger partial charge in [-0.25, -0.2) is 4.79 Å². The zero-order valence-electron chi connectivity index (χ0n) is 25.3. The van der Waals surface area contributed by atoms with E-state index in [1.165, 1.54) is 26.8 Å². The van der Waals surface area contributed by atoms with Gasteiger partial charge in [-0.05, 0) is 33.3 Å². The Morgan fingerprint density at radius 3 is 2.05 bits per heavy atom. The van der Waals surface area contributed by atoms with Crippen LogP contribution in [0.4, 0.5) is 0 Å². The number of esters is 5. The van der Waals surface area contributed by atoms with Crippen molar-refractivity contribution in [2.24, 2.45) is 11.3 Å². The number of aliphatic hydroxyl groups is 1. The van der Waals surface area contributed by atoms with Gasteiger partial charge in [-0.1, -0.05) is 31.1 Å². The molecule has 1 N–H and O–H groups in total. The number of rotatable bonds is 6. The van der Waals surface area contributed by atoms with Crippen LogP contribution in [0.3, 0.4) is 0 Å². The molecule has 0 bridgehead atoms. The summed E-state index contributed by atoms with van der Waals surface area (Å²) in [5, 5.41) is 11.3. The zero-order valence-corrected chi connectivity index (χ0v) is 25.3. The van der Waals surface area contributed by atoms with Crippen molar-refractivity contribution in [1.82, 2.24) is 0 Å². The minimum Gasteiger partial charge on any atom is -0.459 e. The summed E-state index contributed by atoms with van der Waals surface area (Å²) in [5.74, 6) is -4.32. The molecule has 0 radical (unpaired) electrons. The molecular formula is C30H40O12. The Labute approximate surface area is 244 Å². The lowest BCUT2D eigenvalue weighted by Crippen LogP contribution is -2.66. The molecule has 2 saturated heterocycles. The van der Waals surface area contributed by atoms with Crippen molar-refractivity contribution in [3.8, 4) is 0 Å². The molecule has 2 aliphatic heterocycles. The van der Waals surface area contributed by atoms with E-state index in [4.69, 9.17) is 28.4 Å². The van der Waals surface area contributed by atoms with Gasteiger partial charge in [-0.2, -0.15) is 0 Å². The van der Waals surface area contributed by atoms with Crippen LogP contribution in [-0.2, 0) is 52.4 Å². The second kappa shape index (κ2) is 11.1. The second-order valence-corrected chi connectivity index (χ2v) is 12.1. The number of ether oxygens (including phenoxy) is 6. The number of hydrogen-bond donors (Lipinski definition) is 1. The first-order valence-electron chi connectivity index (χ1n) is 14.2. The highest BCUT2D eigenvalue weighted by Gasteiger charge is 2.87. The third-order valence-corrected chi connectivity index (χ3v) is 8.89. The second-order valence-electron chi connectivity index (χ2n) is 12.1. The Morgan fingerprint density at radius 1 is 0.929 bits per heavy atom. The van der Waals surface area contributed by atoms with Gasteiger partial charge < -0.3 is 33.5 Å². The van der Waals surface area contributed by atoms with Crippen molar-refractivity contribution in [1.29, 1.82) is 0 Å². The highest BCUT2D eigenvalue weighted by Crippen LogP contribution is 2.65. The third kappa shape index (κ3) is 5.02. The van der Waals surface area contributed by atoms with Gasteiger partial charge in [0.25, 0.3) is 0 Å². The van der Waals surface area contributed by atoms with E-state index in [2.05, 4.69) is 0 Å². The lowest BCUT2D eigenvalue weighted by Gasteiger charge is -2.54. The summed E-state index contributed by atoms with van der Waals surface area (Å²) >= 11 is 0. The molecule has 2 fully saturated rings. The molecule has 0 aromatic rings. The summed E-state index contributed by atoms with van der Waals surface area (Å²) in [7, 11) is 0. The quantitative estimate of drug-likeness (QED) is 0.207. The standard InChI is InChI=1S/C30H40O12/c1-9-10-22(35)40-20-11-14(2)12-21-30(29(8,42-30)27(36)41-21)26(39-18(6)33)23-15(3)13-19(34)24(37-16(4)31)28(23,7)25(20)38-17(5)32/h12-13,19-21,23-26,34H,9-11H2,1-8H3/t19-,20-,21+,23-,24+,25+,26-,28-,29+,30+/m1/s1. The molecule has 4 rings (SSSR count). The van der Waals surface area contributed by atoms with E-state index in [0.29, 0.717) is 17.6 Å². The predicted octanol–water partition coefficient (Wildman–Crippen LogP) is 2.24. The molecule has 12 heteroatoms. The van der Waals surface area contributed by atoms with Gasteiger partial charge in [0.2, 0.25) is 0 Å². The summed E-state index contributed by atoms with van der Waals surface area (Å²) in [6.07, 6.45) is -3.66. The molecular weight excluding hydrogens is 552 g/mol. The van der Waals surface area contributed by atoms with Crippen LogP contribution in [-0.4, -0.2) is 82.8 Å². The highest BCUT2D eigenvalue weighted by atomic mass is 16.7. The number of carbonyl (C=O) groups excluding carboxylic acids is 5. The molecule has 0 saturated carbocycles. The smallest absolute Gasteiger partial charge is 0.342 e. The summed E-state index contributed by atoms with van der Waals surface area (Å²) in [4.78, 5) is 63.8. The first-order chi connectivity index (χ1) is 19.5. The molecule has 10 atom stereocenters. The fourth-order valence-electron chi connectivity index (χ4n) is 7.23. The van der Waals surface area contributed by atoms with Crippen LogP contribution in [0.25, 0.3) is 0 Å². The monoisotopic (exact) mass is 592 g/mol. The van der Waals surface area contributed by atoms with E-state index in [9.17, 15) is 29.1 Å². The van der Waals surface area contributed by atoms with E-state index in [1.807, 2.05) is 6.92 Å². The lowest BCUT2D eigenvalue weighted by atomic mass is 9.56. The predicted molar refractivity (Wildman–Crippen MR) is 143 cm³/mol. The van der Waals surface area contributed by atoms with Crippen molar-refractivity contribution in [2.45, 2.75) is 122 Å². The molecule has 0 amide bonds. The van der Waals surface area contributed by atoms with Crippen molar-refractivity contribution < 1.29 is 57.5 Å². The van der Waals surface area contributed by atoms with E-state index in [1.54, 1.807) is 33.8 Å². The van der Waals surface area contributed by atoms with E-state index < -0.39 is 89.0 Å². The maximum Gasteiger partial charge on any atom is 0.342 e. The molecule has 0 aromatic heterocycles. The minimum atomic E-state index is -1.59. The summed E-state index contributed by atoms with van der Waals surface area (Å²) in [6, 6.07) is 0. The van der Waals surface area contributed by atoms with Gasteiger partial charge in [0.1, 0.15) is 30.5 Å². The molecule has 0 unspecified atom stereocenters. The van der Waals surface area contributed by atoms with Crippen LogP contribution in [0.2, 0.25) is 0 Å². The van der Waals surface area contributed by atoms with E-state index in [-0.39, 0.29) is 12.8 Å². The molecule has 2 heterocycles.